The molecule has 2 rings (SSSR count). The zero-order valence-electron chi connectivity index (χ0n) is 10.5. The standard InChI is InChI=1S/C15H13BrFIO/c1-8-5-11(17)6-9(2)14(8)15(19)12-7-10(16)3-4-13(12)18/h3-7,15,19H,1-2H3. The van der Waals surface area contributed by atoms with Crippen LogP contribution in [-0.2, 0) is 0 Å². The van der Waals surface area contributed by atoms with Gasteiger partial charge in [0.05, 0.1) is 0 Å². The van der Waals surface area contributed by atoms with Crippen LogP contribution in [-0.4, -0.2) is 5.11 Å². The number of aliphatic hydroxyl groups excluding tert-OH is 1. The average Bonchev–Trinajstić information content (AvgIpc) is 2.30. The van der Waals surface area contributed by atoms with Crippen LogP contribution in [0.1, 0.15) is 28.4 Å². The van der Waals surface area contributed by atoms with Crippen LogP contribution in [0.5, 0.6) is 0 Å². The highest BCUT2D eigenvalue weighted by Gasteiger charge is 2.19. The average molecular weight is 435 g/mol. The van der Waals surface area contributed by atoms with Crippen molar-refractivity contribution in [3.8, 4) is 0 Å². The van der Waals surface area contributed by atoms with Crippen LogP contribution >= 0.6 is 38.5 Å². The van der Waals surface area contributed by atoms with E-state index in [2.05, 4.69) is 38.5 Å². The van der Waals surface area contributed by atoms with Crippen LogP contribution in [0.2, 0.25) is 0 Å². The molecule has 4 heteroatoms. The lowest BCUT2D eigenvalue weighted by molar-refractivity contribution is 0.217. The molecule has 0 heterocycles. The van der Waals surface area contributed by atoms with E-state index in [0.717, 1.165) is 30.3 Å². The van der Waals surface area contributed by atoms with E-state index in [-0.39, 0.29) is 5.82 Å². The smallest absolute Gasteiger partial charge is 0.123 e. The van der Waals surface area contributed by atoms with Gasteiger partial charge in [-0.1, -0.05) is 15.9 Å². The Morgan fingerprint density at radius 3 is 2.32 bits per heavy atom. The fourth-order valence-corrected chi connectivity index (χ4v) is 3.24. The van der Waals surface area contributed by atoms with Crippen molar-refractivity contribution in [1.29, 1.82) is 0 Å². The third-order valence-corrected chi connectivity index (χ3v) is 4.56. The minimum absolute atomic E-state index is 0.269. The zero-order chi connectivity index (χ0) is 14.2. The van der Waals surface area contributed by atoms with Crippen LogP contribution < -0.4 is 0 Å². The second kappa shape index (κ2) is 5.89. The van der Waals surface area contributed by atoms with Gasteiger partial charge in [0.25, 0.3) is 0 Å². The highest BCUT2D eigenvalue weighted by atomic mass is 127. The van der Waals surface area contributed by atoms with Crippen LogP contribution in [0.15, 0.2) is 34.8 Å². The van der Waals surface area contributed by atoms with E-state index in [1.165, 1.54) is 12.1 Å². The van der Waals surface area contributed by atoms with Crippen molar-refractivity contribution >= 4 is 38.5 Å². The van der Waals surface area contributed by atoms with Gasteiger partial charge in [0.15, 0.2) is 0 Å². The molecular weight excluding hydrogens is 422 g/mol. The molecule has 0 aromatic heterocycles. The molecule has 0 aliphatic carbocycles. The molecule has 0 aliphatic heterocycles. The van der Waals surface area contributed by atoms with Gasteiger partial charge in [-0.15, -0.1) is 0 Å². The molecule has 0 spiro atoms. The molecule has 0 aliphatic rings. The minimum atomic E-state index is -0.745. The summed E-state index contributed by atoms with van der Waals surface area (Å²) in [5.74, 6) is -0.269. The Morgan fingerprint density at radius 2 is 1.74 bits per heavy atom. The normalized spacial score (nSPS) is 12.5. The van der Waals surface area contributed by atoms with Gasteiger partial charge < -0.3 is 5.11 Å². The zero-order valence-corrected chi connectivity index (χ0v) is 14.3. The Hall–Kier alpha value is -0.460. The minimum Gasteiger partial charge on any atom is -0.384 e. The second-order valence-corrected chi connectivity index (χ2v) is 6.60. The number of hydrogen-bond donors (Lipinski definition) is 1. The van der Waals surface area contributed by atoms with Crippen LogP contribution in [0.4, 0.5) is 4.39 Å². The molecule has 1 unspecified atom stereocenters. The summed E-state index contributed by atoms with van der Waals surface area (Å²) >= 11 is 5.61. The Kier molecular flexibility index (Phi) is 4.63. The molecule has 0 fully saturated rings. The quantitative estimate of drug-likeness (QED) is 0.667. The SMILES string of the molecule is Cc1cc(F)cc(C)c1C(O)c1cc(Br)ccc1I. The van der Waals surface area contributed by atoms with Crippen molar-refractivity contribution in [2.24, 2.45) is 0 Å². The Labute approximate surface area is 134 Å². The van der Waals surface area contributed by atoms with Gasteiger partial charge in [0.1, 0.15) is 11.9 Å². The first kappa shape index (κ1) is 14.9. The molecule has 100 valence electrons. The van der Waals surface area contributed by atoms with E-state index < -0.39 is 6.10 Å². The fraction of sp³-hybridized carbons (Fsp3) is 0.200. The Morgan fingerprint density at radius 1 is 1.16 bits per heavy atom. The molecule has 1 atom stereocenters. The van der Waals surface area contributed by atoms with Crippen molar-refractivity contribution in [3.63, 3.8) is 0 Å². The topological polar surface area (TPSA) is 20.2 Å². The molecule has 2 aromatic carbocycles. The molecule has 19 heavy (non-hydrogen) atoms. The van der Waals surface area contributed by atoms with E-state index in [4.69, 9.17) is 0 Å². The largest absolute Gasteiger partial charge is 0.384 e. The Balaban J connectivity index is 2.56. The highest BCUT2D eigenvalue weighted by Crippen LogP contribution is 2.32. The van der Waals surface area contributed by atoms with Gasteiger partial charge >= 0.3 is 0 Å². The molecule has 0 bridgehead atoms. The van der Waals surface area contributed by atoms with Gasteiger partial charge in [-0.3, -0.25) is 0 Å². The Bertz CT molecular complexity index is 605. The summed E-state index contributed by atoms with van der Waals surface area (Å²) < 4.78 is 15.2. The van der Waals surface area contributed by atoms with Crippen LogP contribution in [0.3, 0.4) is 0 Å². The molecule has 1 nitrogen and oxygen atoms in total. The number of aliphatic hydroxyl groups is 1. The predicted octanol–water partition coefficient (Wildman–Crippen LogP) is 4.89. The monoisotopic (exact) mass is 434 g/mol. The first-order valence-corrected chi connectivity index (χ1v) is 7.67. The second-order valence-electron chi connectivity index (χ2n) is 4.52. The summed E-state index contributed by atoms with van der Waals surface area (Å²) in [6.45, 7) is 3.64. The maximum atomic E-state index is 13.3. The van der Waals surface area contributed by atoms with Crippen molar-refractivity contribution in [3.05, 3.63) is 66.4 Å². The van der Waals surface area contributed by atoms with Crippen molar-refractivity contribution in [2.75, 3.05) is 0 Å². The maximum absolute atomic E-state index is 13.3. The fourth-order valence-electron chi connectivity index (χ4n) is 2.23. The van der Waals surface area contributed by atoms with Crippen LogP contribution in [0, 0.1) is 23.2 Å². The number of halogens is 3. The van der Waals surface area contributed by atoms with Crippen molar-refractivity contribution in [2.45, 2.75) is 20.0 Å². The van der Waals surface area contributed by atoms with E-state index in [1.54, 1.807) is 0 Å². The first-order valence-electron chi connectivity index (χ1n) is 5.80. The third-order valence-electron chi connectivity index (χ3n) is 3.08. The molecule has 2 aromatic rings. The van der Waals surface area contributed by atoms with Gasteiger partial charge in [-0.25, -0.2) is 4.39 Å². The maximum Gasteiger partial charge on any atom is 0.123 e. The summed E-state index contributed by atoms with van der Waals surface area (Å²) in [6.07, 6.45) is -0.745. The number of benzene rings is 2. The third kappa shape index (κ3) is 3.17. The number of aryl methyl sites for hydroxylation is 2. The predicted molar refractivity (Wildman–Crippen MR) is 86.8 cm³/mol. The van der Waals surface area contributed by atoms with E-state index in [0.29, 0.717) is 0 Å². The van der Waals surface area contributed by atoms with Gasteiger partial charge in [-0.2, -0.15) is 0 Å². The summed E-state index contributed by atoms with van der Waals surface area (Å²) in [6, 6.07) is 8.68. The lowest BCUT2D eigenvalue weighted by Gasteiger charge is -2.18. The summed E-state index contributed by atoms with van der Waals surface area (Å²) in [4.78, 5) is 0. The molecule has 0 radical (unpaired) electrons. The molecule has 0 saturated carbocycles. The van der Waals surface area contributed by atoms with E-state index in [9.17, 15) is 9.50 Å². The van der Waals surface area contributed by atoms with Gasteiger partial charge in [-0.05, 0) is 89.0 Å². The van der Waals surface area contributed by atoms with E-state index in [1.807, 2.05) is 32.0 Å². The summed E-state index contributed by atoms with van der Waals surface area (Å²) in [5.41, 5.74) is 3.13. The lowest BCUT2D eigenvalue weighted by atomic mass is 9.93. The highest BCUT2D eigenvalue weighted by molar-refractivity contribution is 14.1. The summed E-state index contributed by atoms with van der Waals surface area (Å²) in [7, 11) is 0. The number of rotatable bonds is 2. The molecular formula is C15H13BrFIO. The van der Waals surface area contributed by atoms with Crippen molar-refractivity contribution in [1.82, 2.24) is 0 Å². The van der Waals surface area contributed by atoms with Gasteiger partial charge in [0, 0.05) is 8.04 Å². The molecule has 1 N–H and O–H groups in total. The van der Waals surface area contributed by atoms with Gasteiger partial charge in [0.2, 0.25) is 0 Å². The summed E-state index contributed by atoms with van der Waals surface area (Å²) in [5, 5.41) is 10.6. The molecule has 0 saturated heterocycles. The lowest BCUT2D eigenvalue weighted by Crippen LogP contribution is -2.07. The first-order chi connectivity index (χ1) is 8.90. The number of hydrogen-bond acceptors (Lipinski definition) is 1. The van der Waals surface area contributed by atoms with E-state index >= 15 is 0 Å². The van der Waals surface area contributed by atoms with Crippen LogP contribution in [0.25, 0.3) is 0 Å². The van der Waals surface area contributed by atoms with Crippen molar-refractivity contribution < 1.29 is 9.50 Å². The molecule has 0 amide bonds.